The Morgan fingerprint density at radius 3 is 3.12 bits per heavy atom. The zero-order chi connectivity index (χ0) is 12.3. The molecule has 1 unspecified atom stereocenters. The lowest BCUT2D eigenvalue weighted by Crippen LogP contribution is -2.40. The van der Waals surface area contributed by atoms with Crippen LogP contribution in [0.25, 0.3) is 0 Å². The number of aromatic nitrogens is 1. The summed E-state index contributed by atoms with van der Waals surface area (Å²) in [4.78, 5) is 6.79. The van der Waals surface area contributed by atoms with E-state index in [9.17, 15) is 0 Å². The van der Waals surface area contributed by atoms with Gasteiger partial charge in [-0.1, -0.05) is 0 Å². The van der Waals surface area contributed by atoms with Crippen molar-refractivity contribution >= 4 is 5.82 Å². The number of ether oxygens (including phenoxy) is 1. The largest absolute Gasteiger partial charge is 0.380 e. The Bertz CT molecular complexity index is 381. The zero-order valence-corrected chi connectivity index (χ0v) is 10.6. The fourth-order valence-electron chi connectivity index (χ4n) is 2.42. The number of piperidine rings is 1. The first-order valence-corrected chi connectivity index (χ1v) is 6.18. The van der Waals surface area contributed by atoms with Gasteiger partial charge in [-0.15, -0.1) is 0 Å². The zero-order valence-electron chi connectivity index (χ0n) is 10.6. The number of hydrogen-bond donors (Lipinski definition) is 1. The first-order chi connectivity index (χ1) is 8.26. The molecule has 1 saturated heterocycles. The van der Waals surface area contributed by atoms with Gasteiger partial charge in [-0.25, -0.2) is 4.98 Å². The van der Waals surface area contributed by atoms with Crippen molar-refractivity contribution in [2.45, 2.75) is 32.4 Å². The second kappa shape index (κ2) is 5.47. The van der Waals surface area contributed by atoms with Gasteiger partial charge in [0.2, 0.25) is 0 Å². The predicted molar refractivity (Wildman–Crippen MR) is 69.1 cm³/mol. The van der Waals surface area contributed by atoms with Crippen LogP contribution in [0.4, 0.5) is 5.82 Å². The van der Waals surface area contributed by atoms with E-state index in [2.05, 4.69) is 16.8 Å². The lowest BCUT2D eigenvalue weighted by molar-refractivity contribution is 0.0891. The Kier molecular flexibility index (Phi) is 3.97. The quantitative estimate of drug-likeness (QED) is 0.862. The SMILES string of the molecule is COC1CCCN(c2nccc(C)c2CN)C1. The molecule has 17 heavy (non-hydrogen) atoms. The second-order valence-corrected chi connectivity index (χ2v) is 4.58. The number of hydrogen-bond acceptors (Lipinski definition) is 4. The van der Waals surface area contributed by atoms with Crippen molar-refractivity contribution in [1.29, 1.82) is 0 Å². The van der Waals surface area contributed by atoms with Gasteiger partial charge in [0, 0.05) is 38.5 Å². The summed E-state index contributed by atoms with van der Waals surface area (Å²) >= 11 is 0. The van der Waals surface area contributed by atoms with Crippen molar-refractivity contribution in [3.05, 3.63) is 23.4 Å². The van der Waals surface area contributed by atoms with Gasteiger partial charge in [0.15, 0.2) is 0 Å². The van der Waals surface area contributed by atoms with Crippen molar-refractivity contribution in [2.75, 3.05) is 25.1 Å². The molecule has 1 fully saturated rings. The summed E-state index contributed by atoms with van der Waals surface area (Å²) in [6, 6.07) is 2.02. The summed E-state index contributed by atoms with van der Waals surface area (Å²) in [5, 5.41) is 0. The maximum Gasteiger partial charge on any atom is 0.133 e. The molecule has 0 spiro atoms. The summed E-state index contributed by atoms with van der Waals surface area (Å²) in [7, 11) is 1.78. The molecule has 0 amide bonds. The standard InChI is InChI=1S/C13H21N3O/c1-10-5-6-15-13(12(10)8-14)16-7-3-4-11(9-16)17-2/h5-6,11H,3-4,7-9,14H2,1-2H3. The number of nitrogens with zero attached hydrogens (tertiary/aromatic N) is 2. The molecule has 1 aliphatic rings. The predicted octanol–water partition coefficient (Wildman–Crippen LogP) is 1.46. The van der Waals surface area contributed by atoms with E-state index >= 15 is 0 Å². The summed E-state index contributed by atoms with van der Waals surface area (Å²) in [5.41, 5.74) is 8.20. The number of nitrogens with two attached hydrogens (primary N) is 1. The van der Waals surface area contributed by atoms with Gasteiger partial charge in [-0.05, 0) is 31.4 Å². The molecule has 2 N–H and O–H groups in total. The molecule has 0 bridgehead atoms. The van der Waals surface area contributed by atoms with E-state index < -0.39 is 0 Å². The lowest BCUT2D eigenvalue weighted by Gasteiger charge is -2.34. The third-order valence-electron chi connectivity index (χ3n) is 3.48. The third kappa shape index (κ3) is 2.58. The van der Waals surface area contributed by atoms with Gasteiger partial charge < -0.3 is 15.4 Å². The molecule has 0 saturated carbocycles. The van der Waals surface area contributed by atoms with Crippen molar-refractivity contribution in [3.8, 4) is 0 Å². The van der Waals surface area contributed by atoms with Gasteiger partial charge in [-0.3, -0.25) is 0 Å². The molecule has 2 heterocycles. The van der Waals surface area contributed by atoms with Gasteiger partial charge in [-0.2, -0.15) is 0 Å². The van der Waals surface area contributed by atoms with E-state index in [4.69, 9.17) is 10.5 Å². The molecule has 94 valence electrons. The van der Waals surface area contributed by atoms with E-state index in [0.717, 1.165) is 37.3 Å². The maximum absolute atomic E-state index is 5.83. The van der Waals surface area contributed by atoms with Crippen LogP contribution in [0.3, 0.4) is 0 Å². The summed E-state index contributed by atoms with van der Waals surface area (Å²) in [5.74, 6) is 1.04. The number of methoxy groups -OCH3 is 1. The fraction of sp³-hybridized carbons (Fsp3) is 0.615. The molecule has 4 heteroatoms. The van der Waals surface area contributed by atoms with Crippen molar-refractivity contribution < 1.29 is 4.74 Å². The van der Waals surface area contributed by atoms with Gasteiger partial charge in [0.05, 0.1) is 6.10 Å². The summed E-state index contributed by atoms with van der Waals surface area (Å²) < 4.78 is 5.45. The summed E-state index contributed by atoms with van der Waals surface area (Å²) in [6.45, 7) is 4.59. The molecule has 0 aromatic carbocycles. The normalized spacial score (nSPS) is 20.6. The van der Waals surface area contributed by atoms with Crippen LogP contribution < -0.4 is 10.6 Å². The monoisotopic (exact) mass is 235 g/mol. The molecule has 1 aromatic rings. The van der Waals surface area contributed by atoms with Crippen LogP contribution in [0.15, 0.2) is 12.3 Å². The van der Waals surface area contributed by atoms with Crippen LogP contribution in [0.2, 0.25) is 0 Å². The molecular formula is C13H21N3O. The van der Waals surface area contributed by atoms with Crippen LogP contribution in [0.5, 0.6) is 0 Å². The maximum atomic E-state index is 5.83. The fourth-order valence-corrected chi connectivity index (χ4v) is 2.42. The Labute approximate surface area is 103 Å². The van der Waals surface area contributed by atoms with Gasteiger partial charge >= 0.3 is 0 Å². The van der Waals surface area contributed by atoms with E-state index in [1.165, 1.54) is 5.56 Å². The number of pyridine rings is 1. The van der Waals surface area contributed by atoms with Gasteiger partial charge in [0.1, 0.15) is 5.82 Å². The highest BCUT2D eigenvalue weighted by Gasteiger charge is 2.22. The molecule has 1 atom stereocenters. The first-order valence-electron chi connectivity index (χ1n) is 6.18. The smallest absolute Gasteiger partial charge is 0.133 e. The van der Waals surface area contributed by atoms with Crippen LogP contribution in [-0.4, -0.2) is 31.3 Å². The lowest BCUT2D eigenvalue weighted by atomic mass is 10.1. The molecule has 0 aliphatic carbocycles. The second-order valence-electron chi connectivity index (χ2n) is 4.58. The Morgan fingerprint density at radius 2 is 2.41 bits per heavy atom. The van der Waals surface area contributed by atoms with Crippen LogP contribution in [0, 0.1) is 6.92 Å². The van der Waals surface area contributed by atoms with E-state index in [-0.39, 0.29) is 0 Å². The average Bonchev–Trinajstić information content (AvgIpc) is 2.38. The number of rotatable bonds is 3. The van der Waals surface area contributed by atoms with E-state index in [1.54, 1.807) is 7.11 Å². The third-order valence-corrected chi connectivity index (χ3v) is 3.48. The van der Waals surface area contributed by atoms with Crippen LogP contribution in [0.1, 0.15) is 24.0 Å². The van der Waals surface area contributed by atoms with E-state index in [1.807, 2.05) is 12.3 Å². The highest BCUT2D eigenvalue weighted by Crippen LogP contribution is 2.24. The minimum atomic E-state index is 0.316. The van der Waals surface area contributed by atoms with E-state index in [0.29, 0.717) is 12.6 Å². The molecule has 0 radical (unpaired) electrons. The summed E-state index contributed by atoms with van der Waals surface area (Å²) in [6.07, 6.45) is 4.46. The van der Waals surface area contributed by atoms with Crippen LogP contribution in [-0.2, 0) is 11.3 Å². The van der Waals surface area contributed by atoms with Crippen molar-refractivity contribution in [3.63, 3.8) is 0 Å². The first kappa shape index (κ1) is 12.3. The molecule has 4 nitrogen and oxygen atoms in total. The van der Waals surface area contributed by atoms with Crippen LogP contribution >= 0.6 is 0 Å². The molecule has 1 aromatic heterocycles. The Balaban J connectivity index is 2.24. The number of aryl methyl sites for hydroxylation is 1. The van der Waals surface area contributed by atoms with Crippen molar-refractivity contribution in [2.24, 2.45) is 5.73 Å². The minimum absolute atomic E-state index is 0.316. The minimum Gasteiger partial charge on any atom is -0.380 e. The topological polar surface area (TPSA) is 51.4 Å². The molecule has 1 aliphatic heterocycles. The highest BCUT2D eigenvalue weighted by molar-refractivity contribution is 5.50. The average molecular weight is 235 g/mol. The molecule has 2 rings (SSSR count). The molecular weight excluding hydrogens is 214 g/mol. The van der Waals surface area contributed by atoms with Crippen molar-refractivity contribution in [1.82, 2.24) is 4.98 Å². The Morgan fingerprint density at radius 1 is 1.59 bits per heavy atom. The highest BCUT2D eigenvalue weighted by atomic mass is 16.5. The number of anilines is 1. The van der Waals surface area contributed by atoms with Gasteiger partial charge in [0.25, 0.3) is 0 Å². The Hall–Kier alpha value is -1.13.